The first-order chi connectivity index (χ1) is 18.8. The Kier molecular flexibility index (Phi) is 9.45. The number of nitrogens with one attached hydrogen (secondary N) is 2. The fourth-order valence-electron chi connectivity index (χ4n) is 5.08. The number of carbonyl (C=O) groups is 1. The number of aromatic nitrogens is 1. The largest absolute Gasteiger partial charge is 0.372 e. The number of nitrogens with zero attached hydrogens (tertiary/aromatic N) is 3. The lowest BCUT2D eigenvalue weighted by molar-refractivity contribution is 0.220. The Balaban J connectivity index is 1.43. The van der Waals surface area contributed by atoms with Gasteiger partial charge in [0.15, 0.2) is 0 Å². The third-order valence-electron chi connectivity index (χ3n) is 7.25. The van der Waals surface area contributed by atoms with Crippen molar-refractivity contribution in [2.24, 2.45) is 0 Å². The van der Waals surface area contributed by atoms with Gasteiger partial charge < -0.3 is 15.1 Å². The third-order valence-corrected chi connectivity index (χ3v) is 8.65. The lowest BCUT2D eigenvalue weighted by Crippen LogP contribution is -2.31. The molecule has 0 saturated carbocycles. The summed E-state index contributed by atoms with van der Waals surface area (Å²) in [6, 6.07) is 15.5. The van der Waals surface area contributed by atoms with Gasteiger partial charge in [-0.25, -0.2) is 13.2 Å². The quantitative estimate of drug-likeness (QED) is 0.268. The van der Waals surface area contributed by atoms with E-state index in [1.54, 1.807) is 31.6 Å². The molecule has 2 N–H and O–H groups in total. The molecule has 0 spiro atoms. The topological polar surface area (TPSA) is 94.6 Å². The molecule has 0 fully saturated rings. The molecule has 2 amide bonds. The summed E-state index contributed by atoms with van der Waals surface area (Å²) >= 11 is 0. The number of fused-ring (bicyclic) bond motifs is 1. The van der Waals surface area contributed by atoms with E-state index in [0.29, 0.717) is 23.8 Å². The molecule has 0 saturated heterocycles. The number of urea groups is 1. The van der Waals surface area contributed by atoms with E-state index in [0.717, 1.165) is 31.5 Å². The minimum Gasteiger partial charge on any atom is -0.372 e. The molecule has 0 bridgehead atoms. The number of benzene rings is 2. The van der Waals surface area contributed by atoms with Gasteiger partial charge in [0.05, 0.1) is 4.90 Å². The summed E-state index contributed by atoms with van der Waals surface area (Å²) in [5.74, 6) is 0.443. The summed E-state index contributed by atoms with van der Waals surface area (Å²) in [5.41, 5.74) is 4.44. The van der Waals surface area contributed by atoms with Crippen LogP contribution in [-0.4, -0.2) is 44.5 Å². The summed E-state index contributed by atoms with van der Waals surface area (Å²) in [7, 11) is -2.10. The van der Waals surface area contributed by atoms with Crippen LogP contribution < -0.4 is 14.9 Å². The van der Waals surface area contributed by atoms with Gasteiger partial charge in [-0.2, -0.15) is 0 Å². The zero-order valence-corrected chi connectivity index (χ0v) is 23.9. The zero-order valence-electron chi connectivity index (χ0n) is 23.1. The van der Waals surface area contributed by atoms with Crippen LogP contribution in [-0.2, 0) is 16.6 Å². The van der Waals surface area contributed by atoms with E-state index in [-0.39, 0.29) is 10.9 Å². The van der Waals surface area contributed by atoms with Crippen LogP contribution in [0.5, 0.6) is 0 Å². The second kappa shape index (κ2) is 13.0. The summed E-state index contributed by atoms with van der Waals surface area (Å²) < 4.78 is 29.2. The van der Waals surface area contributed by atoms with Crippen molar-refractivity contribution in [2.45, 2.75) is 63.3 Å². The Labute approximate surface area is 232 Å². The Morgan fingerprint density at radius 2 is 1.85 bits per heavy atom. The SMILES string of the molecule is CCCCCC1CCN(CC)c2ccc(NS(=O)(=O)c3ccc(NC(=O)N(C)Cc4cccnc4)cc3)cc21. The van der Waals surface area contributed by atoms with Crippen molar-refractivity contribution >= 4 is 33.1 Å². The first kappa shape index (κ1) is 28.4. The zero-order chi connectivity index (χ0) is 27.8. The number of unbranched alkanes of at least 4 members (excludes halogenated alkanes) is 2. The van der Waals surface area contributed by atoms with E-state index < -0.39 is 10.0 Å². The summed E-state index contributed by atoms with van der Waals surface area (Å²) in [6.45, 7) is 6.74. The van der Waals surface area contributed by atoms with Gasteiger partial charge in [0.25, 0.3) is 10.0 Å². The monoisotopic (exact) mass is 549 g/mol. The fraction of sp³-hybridized carbons (Fsp3) is 0.400. The molecule has 3 aromatic rings. The Morgan fingerprint density at radius 3 is 2.54 bits per heavy atom. The van der Waals surface area contributed by atoms with Gasteiger partial charge in [-0.15, -0.1) is 0 Å². The van der Waals surface area contributed by atoms with Gasteiger partial charge in [-0.1, -0.05) is 32.3 Å². The van der Waals surface area contributed by atoms with Crippen LogP contribution in [0.15, 0.2) is 71.9 Å². The molecule has 1 aromatic heterocycles. The lowest BCUT2D eigenvalue weighted by atomic mass is 9.85. The predicted octanol–water partition coefficient (Wildman–Crippen LogP) is 6.44. The number of sulfonamides is 1. The van der Waals surface area contributed by atoms with Crippen molar-refractivity contribution < 1.29 is 13.2 Å². The van der Waals surface area contributed by atoms with Crippen molar-refractivity contribution in [1.82, 2.24) is 9.88 Å². The molecule has 0 aliphatic carbocycles. The number of hydrogen-bond donors (Lipinski definition) is 2. The molecule has 9 heteroatoms. The van der Waals surface area contributed by atoms with Gasteiger partial charge in [0, 0.05) is 56.1 Å². The van der Waals surface area contributed by atoms with Gasteiger partial charge >= 0.3 is 6.03 Å². The van der Waals surface area contributed by atoms with Gasteiger partial charge in [0.1, 0.15) is 0 Å². The molecule has 8 nitrogen and oxygen atoms in total. The van der Waals surface area contributed by atoms with Crippen LogP contribution in [0.1, 0.15) is 63.0 Å². The van der Waals surface area contributed by atoms with Crippen LogP contribution in [0.25, 0.3) is 0 Å². The number of amides is 2. The minimum atomic E-state index is -3.79. The summed E-state index contributed by atoms with van der Waals surface area (Å²) in [4.78, 5) is 20.7. The highest BCUT2D eigenvalue weighted by atomic mass is 32.2. The highest BCUT2D eigenvalue weighted by Gasteiger charge is 2.25. The molecule has 0 radical (unpaired) electrons. The normalized spacial score (nSPS) is 14.9. The lowest BCUT2D eigenvalue weighted by Gasteiger charge is -2.35. The van der Waals surface area contributed by atoms with Crippen molar-refractivity contribution in [3.63, 3.8) is 0 Å². The van der Waals surface area contributed by atoms with E-state index >= 15 is 0 Å². The Morgan fingerprint density at radius 1 is 1.08 bits per heavy atom. The molecule has 1 unspecified atom stereocenters. The summed E-state index contributed by atoms with van der Waals surface area (Å²) in [6.07, 6.45) is 9.20. The number of hydrogen-bond acceptors (Lipinski definition) is 5. The molecular formula is C30H39N5O3S. The maximum atomic E-state index is 13.2. The van der Waals surface area contributed by atoms with Gasteiger partial charge in [-0.05, 0) is 85.3 Å². The number of anilines is 3. The minimum absolute atomic E-state index is 0.136. The molecule has 1 aliphatic heterocycles. The summed E-state index contributed by atoms with van der Waals surface area (Å²) in [5, 5.41) is 2.81. The number of carbonyl (C=O) groups excluding carboxylic acids is 1. The van der Waals surface area contributed by atoms with Crippen molar-refractivity contribution in [3.8, 4) is 0 Å². The molecule has 1 aliphatic rings. The first-order valence-corrected chi connectivity index (χ1v) is 15.2. The van der Waals surface area contributed by atoms with Gasteiger partial charge in [-0.3, -0.25) is 9.71 Å². The van der Waals surface area contributed by atoms with Crippen LogP contribution in [0, 0.1) is 0 Å². The molecule has 2 aromatic carbocycles. The fourth-order valence-corrected chi connectivity index (χ4v) is 6.13. The average Bonchev–Trinajstić information content (AvgIpc) is 2.94. The average molecular weight is 550 g/mol. The van der Waals surface area contributed by atoms with Crippen molar-refractivity contribution in [3.05, 3.63) is 78.1 Å². The molecule has 1 atom stereocenters. The van der Waals surface area contributed by atoms with Gasteiger partial charge in [0.2, 0.25) is 0 Å². The Hall–Kier alpha value is -3.59. The molecule has 208 valence electrons. The first-order valence-electron chi connectivity index (χ1n) is 13.7. The van der Waals surface area contributed by atoms with E-state index in [9.17, 15) is 13.2 Å². The van der Waals surface area contributed by atoms with Crippen LogP contribution in [0.3, 0.4) is 0 Å². The molecule has 39 heavy (non-hydrogen) atoms. The van der Waals surface area contributed by atoms with E-state index in [1.165, 1.54) is 47.5 Å². The number of pyridine rings is 1. The Bertz CT molecular complexity index is 1350. The molecule has 4 rings (SSSR count). The molecular weight excluding hydrogens is 510 g/mol. The maximum absolute atomic E-state index is 13.2. The smallest absolute Gasteiger partial charge is 0.321 e. The van der Waals surface area contributed by atoms with E-state index in [1.807, 2.05) is 30.3 Å². The molecule has 2 heterocycles. The van der Waals surface area contributed by atoms with Crippen LogP contribution in [0.4, 0.5) is 21.9 Å². The van der Waals surface area contributed by atoms with Crippen LogP contribution in [0.2, 0.25) is 0 Å². The van der Waals surface area contributed by atoms with E-state index in [2.05, 4.69) is 33.8 Å². The van der Waals surface area contributed by atoms with E-state index in [4.69, 9.17) is 0 Å². The highest BCUT2D eigenvalue weighted by molar-refractivity contribution is 7.92. The third kappa shape index (κ3) is 7.29. The van der Waals surface area contributed by atoms with Crippen molar-refractivity contribution in [1.29, 1.82) is 0 Å². The standard InChI is InChI=1S/C30H39N5O3S/c1-4-6-7-10-24-17-19-35(5-2)29-16-13-26(20-28(24)29)33-39(37,38)27-14-11-25(12-15-27)32-30(36)34(3)22-23-9-8-18-31-21-23/h8-9,11-16,18,20-21,24,33H,4-7,10,17,19,22H2,1-3H3,(H,32,36). The second-order valence-electron chi connectivity index (χ2n) is 10.1. The predicted molar refractivity (Wildman–Crippen MR) is 158 cm³/mol. The van der Waals surface area contributed by atoms with Crippen molar-refractivity contribution in [2.75, 3.05) is 35.1 Å². The highest BCUT2D eigenvalue weighted by Crippen LogP contribution is 2.40. The number of rotatable bonds is 11. The second-order valence-corrected chi connectivity index (χ2v) is 11.8. The van der Waals surface area contributed by atoms with Crippen LogP contribution >= 0.6 is 0 Å². The maximum Gasteiger partial charge on any atom is 0.321 e.